The maximum absolute atomic E-state index is 11.2. The number of carboxylic acid groups (broad SMARTS) is 1. The van der Waals surface area contributed by atoms with E-state index >= 15 is 0 Å². The second-order valence-electron chi connectivity index (χ2n) is 9.82. The lowest BCUT2D eigenvalue weighted by molar-refractivity contribution is -0.138. The number of hydrogen-bond acceptors (Lipinski definition) is 2. The molecule has 0 saturated carbocycles. The molecule has 0 fully saturated rings. The third kappa shape index (κ3) is 10.8. The summed E-state index contributed by atoms with van der Waals surface area (Å²) in [6.45, 7) is 3.27. The minimum Gasteiger partial charge on any atom is -0.480 e. The summed E-state index contributed by atoms with van der Waals surface area (Å²) in [6.07, 6.45) is 24.5. The first-order valence-electron chi connectivity index (χ1n) is 13.7. The van der Waals surface area contributed by atoms with E-state index in [1.54, 1.807) is 0 Å². The van der Waals surface area contributed by atoms with Crippen LogP contribution in [0.15, 0.2) is 30.5 Å². The van der Waals surface area contributed by atoms with Crippen molar-refractivity contribution in [2.45, 2.75) is 129 Å². The topological polar surface area (TPSA) is 68.2 Å². The summed E-state index contributed by atoms with van der Waals surface area (Å²) in [5, 5.41) is 10.3. The van der Waals surface area contributed by atoms with Crippen molar-refractivity contribution in [2.24, 2.45) is 5.73 Å². The van der Waals surface area contributed by atoms with Gasteiger partial charge in [0.1, 0.15) is 6.04 Å². The van der Waals surface area contributed by atoms with E-state index in [4.69, 9.17) is 10.8 Å². The molecule has 4 nitrogen and oxygen atoms in total. The SMILES string of the molecule is CCCCCCCCCCCCCCCCCCn1cc(CC(N)C(=O)O)c2ccccc21. The van der Waals surface area contributed by atoms with E-state index in [0.29, 0.717) is 6.42 Å². The van der Waals surface area contributed by atoms with Crippen LogP contribution in [-0.4, -0.2) is 21.7 Å². The predicted octanol–water partition coefficient (Wildman–Crippen LogP) is 7.86. The Morgan fingerprint density at radius 1 is 0.818 bits per heavy atom. The van der Waals surface area contributed by atoms with Gasteiger partial charge in [-0.05, 0) is 18.1 Å². The highest BCUT2D eigenvalue weighted by atomic mass is 16.4. The Kier molecular flexibility index (Phi) is 13.9. The molecule has 33 heavy (non-hydrogen) atoms. The number of carbonyl (C=O) groups is 1. The molecule has 1 unspecified atom stereocenters. The largest absolute Gasteiger partial charge is 0.480 e. The van der Waals surface area contributed by atoms with Crippen LogP contribution >= 0.6 is 0 Å². The maximum Gasteiger partial charge on any atom is 0.320 e. The number of rotatable bonds is 20. The van der Waals surface area contributed by atoms with E-state index in [1.807, 2.05) is 12.1 Å². The van der Waals surface area contributed by atoms with Crippen LogP contribution in [-0.2, 0) is 17.8 Å². The fourth-order valence-corrected chi connectivity index (χ4v) is 4.82. The number of benzene rings is 1. The molecule has 0 aliphatic carbocycles. The predicted molar refractivity (Wildman–Crippen MR) is 141 cm³/mol. The van der Waals surface area contributed by atoms with Crippen molar-refractivity contribution < 1.29 is 9.90 Å². The third-order valence-electron chi connectivity index (χ3n) is 6.88. The van der Waals surface area contributed by atoms with Crippen molar-refractivity contribution in [1.82, 2.24) is 4.57 Å². The molecule has 1 heterocycles. The molecule has 1 aromatic carbocycles. The number of aliphatic carboxylic acids is 1. The minimum atomic E-state index is -0.940. The van der Waals surface area contributed by atoms with E-state index in [0.717, 1.165) is 17.5 Å². The number of fused-ring (bicyclic) bond motifs is 1. The Morgan fingerprint density at radius 3 is 1.82 bits per heavy atom. The molecule has 0 saturated heterocycles. The number of para-hydroxylation sites is 1. The van der Waals surface area contributed by atoms with Crippen molar-refractivity contribution in [3.8, 4) is 0 Å². The van der Waals surface area contributed by atoms with Gasteiger partial charge in [0.2, 0.25) is 0 Å². The van der Waals surface area contributed by atoms with Crippen LogP contribution in [0.2, 0.25) is 0 Å². The zero-order valence-electron chi connectivity index (χ0n) is 21.1. The lowest BCUT2D eigenvalue weighted by atomic mass is 10.0. The first-order chi connectivity index (χ1) is 16.1. The molecule has 0 bridgehead atoms. The lowest BCUT2D eigenvalue weighted by Gasteiger charge is -2.06. The Bertz CT molecular complexity index is 783. The highest BCUT2D eigenvalue weighted by Gasteiger charge is 2.16. The van der Waals surface area contributed by atoms with Crippen LogP contribution in [0.5, 0.6) is 0 Å². The highest BCUT2D eigenvalue weighted by Crippen LogP contribution is 2.23. The van der Waals surface area contributed by atoms with Crippen LogP contribution in [0.25, 0.3) is 10.9 Å². The Balaban J connectivity index is 1.52. The van der Waals surface area contributed by atoms with Crippen molar-refractivity contribution in [1.29, 1.82) is 0 Å². The van der Waals surface area contributed by atoms with Crippen LogP contribution in [0.3, 0.4) is 0 Å². The number of unbranched alkanes of at least 4 members (excludes halogenated alkanes) is 15. The molecule has 0 spiro atoms. The summed E-state index contributed by atoms with van der Waals surface area (Å²) in [5.74, 6) is -0.940. The van der Waals surface area contributed by atoms with Crippen molar-refractivity contribution in [3.05, 3.63) is 36.0 Å². The second kappa shape index (κ2) is 16.7. The van der Waals surface area contributed by atoms with Gasteiger partial charge in [-0.25, -0.2) is 0 Å². The van der Waals surface area contributed by atoms with Gasteiger partial charge in [-0.2, -0.15) is 0 Å². The molecule has 0 radical (unpaired) electrons. The van der Waals surface area contributed by atoms with Crippen molar-refractivity contribution in [2.75, 3.05) is 0 Å². The first kappa shape index (κ1) is 27.4. The summed E-state index contributed by atoms with van der Waals surface area (Å²) in [7, 11) is 0. The van der Waals surface area contributed by atoms with Crippen LogP contribution in [0.1, 0.15) is 115 Å². The normalized spacial score (nSPS) is 12.4. The van der Waals surface area contributed by atoms with Gasteiger partial charge in [-0.3, -0.25) is 4.79 Å². The van der Waals surface area contributed by atoms with Gasteiger partial charge in [0, 0.05) is 30.1 Å². The third-order valence-corrected chi connectivity index (χ3v) is 6.88. The van der Waals surface area contributed by atoms with Gasteiger partial charge in [0.25, 0.3) is 0 Å². The Hall–Kier alpha value is -1.81. The second-order valence-corrected chi connectivity index (χ2v) is 9.82. The molecular formula is C29H48N2O2. The average Bonchev–Trinajstić information content (AvgIpc) is 3.16. The number of aromatic nitrogens is 1. The summed E-state index contributed by atoms with van der Waals surface area (Å²) >= 11 is 0. The van der Waals surface area contributed by atoms with E-state index < -0.39 is 12.0 Å². The number of aryl methyl sites for hydroxylation is 1. The fraction of sp³-hybridized carbons (Fsp3) is 0.690. The average molecular weight is 457 g/mol. The molecule has 0 aliphatic heterocycles. The molecular weight excluding hydrogens is 408 g/mol. The summed E-state index contributed by atoms with van der Waals surface area (Å²) < 4.78 is 2.28. The number of nitrogens with two attached hydrogens (primary N) is 1. The highest BCUT2D eigenvalue weighted by molar-refractivity contribution is 5.85. The minimum absolute atomic E-state index is 0.377. The molecule has 2 rings (SSSR count). The van der Waals surface area contributed by atoms with Gasteiger partial charge in [0.05, 0.1) is 0 Å². The Labute approximate surface area is 201 Å². The summed E-state index contributed by atoms with van der Waals surface area (Å²) in [4.78, 5) is 11.2. The first-order valence-corrected chi connectivity index (χ1v) is 13.7. The van der Waals surface area contributed by atoms with E-state index in [-0.39, 0.29) is 0 Å². The van der Waals surface area contributed by atoms with Crippen molar-refractivity contribution in [3.63, 3.8) is 0 Å². The molecule has 3 N–H and O–H groups in total. The van der Waals surface area contributed by atoms with Gasteiger partial charge in [0.15, 0.2) is 0 Å². The van der Waals surface area contributed by atoms with Crippen molar-refractivity contribution >= 4 is 16.9 Å². The smallest absolute Gasteiger partial charge is 0.320 e. The molecule has 0 aliphatic rings. The van der Waals surface area contributed by atoms with Crippen LogP contribution in [0.4, 0.5) is 0 Å². The van der Waals surface area contributed by atoms with Gasteiger partial charge >= 0.3 is 5.97 Å². The van der Waals surface area contributed by atoms with E-state index in [9.17, 15) is 4.79 Å². The fourth-order valence-electron chi connectivity index (χ4n) is 4.82. The molecule has 4 heteroatoms. The summed E-state index contributed by atoms with van der Waals surface area (Å²) in [5.41, 5.74) is 8.01. The standard InChI is InChI=1S/C29H48N2O2/c1-2-3-4-5-6-7-8-9-10-11-12-13-14-15-16-19-22-31-24-25(23-27(30)29(32)33)26-20-17-18-21-28(26)31/h17-18,20-21,24,27H,2-16,19,22-23,30H2,1H3,(H,32,33). The van der Waals surface area contributed by atoms with E-state index in [1.165, 1.54) is 108 Å². The number of nitrogens with zero attached hydrogens (tertiary/aromatic N) is 1. The zero-order chi connectivity index (χ0) is 23.7. The monoisotopic (exact) mass is 456 g/mol. The number of carboxylic acids is 1. The quantitative estimate of drug-likeness (QED) is 0.199. The van der Waals surface area contributed by atoms with E-state index in [2.05, 4.69) is 29.8 Å². The Morgan fingerprint density at radius 2 is 1.30 bits per heavy atom. The van der Waals surface area contributed by atoms with Crippen LogP contribution in [0, 0.1) is 0 Å². The van der Waals surface area contributed by atoms with Gasteiger partial charge < -0.3 is 15.4 Å². The molecule has 2 aromatic rings. The molecule has 0 amide bonds. The van der Waals surface area contributed by atoms with Gasteiger partial charge in [-0.1, -0.05) is 121 Å². The molecule has 1 aromatic heterocycles. The number of hydrogen-bond donors (Lipinski definition) is 2. The van der Waals surface area contributed by atoms with Gasteiger partial charge in [-0.15, -0.1) is 0 Å². The zero-order valence-corrected chi connectivity index (χ0v) is 21.1. The molecule has 1 atom stereocenters. The van der Waals surface area contributed by atoms with Crippen LogP contribution < -0.4 is 5.73 Å². The molecule has 186 valence electrons. The summed E-state index contributed by atoms with van der Waals surface area (Å²) in [6, 6.07) is 7.41. The lowest BCUT2D eigenvalue weighted by Crippen LogP contribution is -2.32. The maximum atomic E-state index is 11.2.